The van der Waals surface area contributed by atoms with Crippen molar-refractivity contribution in [2.24, 2.45) is 0 Å². The average molecular weight is 234 g/mol. The van der Waals surface area contributed by atoms with E-state index in [0.717, 1.165) is 5.39 Å². The number of carbonyl (C=O) groups excluding carboxylic acids is 1. The monoisotopic (exact) mass is 234 g/mol. The summed E-state index contributed by atoms with van der Waals surface area (Å²) in [5.74, 6) is -1.06. The maximum atomic E-state index is 11.3. The molecule has 1 heterocycles. The summed E-state index contributed by atoms with van der Waals surface area (Å²) in [5, 5.41) is 9.40. The Labute approximate surface area is 96.6 Å². The Morgan fingerprint density at radius 2 is 2.12 bits per heavy atom. The molecule has 0 fully saturated rings. The van der Waals surface area contributed by atoms with Gasteiger partial charge in [-0.25, -0.2) is 4.79 Å². The summed E-state index contributed by atoms with van der Waals surface area (Å²) in [5.41, 5.74) is 0.848. The number of hydrogen-bond donors (Lipinski definition) is 1. The summed E-state index contributed by atoms with van der Waals surface area (Å²) < 4.78 is 9.91. The van der Waals surface area contributed by atoms with E-state index in [2.05, 4.69) is 4.74 Å². The maximum Gasteiger partial charge on any atom is 0.337 e. The molecule has 1 aromatic carbocycles. The van der Waals surface area contributed by atoms with E-state index < -0.39 is 11.9 Å². The average Bonchev–Trinajstić information content (AvgIpc) is 2.67. The molecule has 0 spiro atoms. The molecule has 88 valence electrons. The fraction of sp³-hybridized carbons (Fsp3) is 0.167. The van der Waals surface area contributed by atoms with Gasteiger partial charge in [-0.05, 0) is 18.2 Å². The molecule has 2 rings (SSSR count). The smallest absolute Gasteiger partial charge is 0.337 e. The second-order valence-electron chi connectivity index (χ2n) is 3.53. The Balaban J connectivity index is 2.40. The van der Waals surface area contributed by atoms with Crippen LogP contribution >= 0.6 is 0 Å². The zero-order valence-electron chi connectivity index (χ0n) is 9.10. The van der Waals surface area contributed by atoms with Gasteiger partial charge in [-0.2, -0.15) is 0 Å². The van der Waals surface area contributed by atoms with Gasteiger partial charge in [-0.15, -0.1) is 0 Å². The molecule has 0 aliphatic carbocycles. The third kappa shape index (κ3) is 2.28. The van der Waals surface area contributed by atoms with E-state index >= 15 is 0 Å². The van der Waals surface area contributed by atoms with Crippen LogP contribution in [0.25, 0.3) is 11.0 Å². The molecule has 0 aliphatic rings. The van der Waals surface area contributed by atoms with Crippen molar-refractivity contribution >= 4 is 22.9 Å². The van der Waals surface area contributed by atoms with Gasteiger partial charge >= 0.3 is 11.9 Å². The summed E-state index contributed by atoms with van der Waals surface area (Å²) in [6.45, 7) is 0. The molecule has 0 radical (unpaired) electrons. The third-order valence-electron chi connectivity index (χ3n) is 2.32. The highest BCUT2D eigenvalue weighted by molar-refractivity contribution is 5.94. The van der Waals surface area contributed by atoms with Gasteiger partial charge in [-0.3, -0.25) is 4.79 Å². The SMILES string of the molecule is COC(=O)c1ccc2cc(CC(=O)O)oc2c1. The summed E-state index contributed by atoms with van der Waals surface area (Å²) >= 11 is 0. The van der Waals surface area contributed by atoms with E-state index in [1.807, 2.05) is 0 Å². The van der Waals surface area contributed by atoms with E-state index in [1.165, 1.54) is 13.2 Å². The highest BCUT2D eigenvalue weighted by Crippen LogP contribution is 2.21. The van der Waals surface area contributed by atoms with Crippen molar-refractivity contribution in [3.63, 3.8) is 0 Å². The lowest BCUT2D eigenvalue weighted by molar-refractivity contribution is -0.136. The number of methoxy groups -OCH3 is 1. The van der Waals surface area contributed by atoms with Crippen LogP contribution in [0.5, 0.6) is 0 Å². The lowest BCUT2D eigenvalue weighted by Crippen LogP contribution is -1.99. The Morgan fingerprint density at radius 1 is 1.35 bits per heavy atom. The van der Waals surface area contributed by atoms with Crippen molar-refractivity contribution in [1.82, 2.24) is 0 Å². The third-order valence-corrected chi connectivity index (χ3v) is 2.32. The van der Waals surface area contributed by atoms with Crippen LogP contribution in [0.15, 0.2) is 28.7 Å². The molecule has 1 aromatic heterocycles. The van der Waals surface area contributed by atoms with Crippen molar-refractivity contribution in [2.45, 2.75) is 6.42 Å². The second kappa shape index (κ2) is 4.29. The molecule has 0 atom stereocenters. The molecule has 0 amide bonds. The molecule has 17 heavy (non-hydrogen) atoms. The number of fused-ring (bicyclic) bond motifs is 1. The van der Waals surface area contributed by atoms with Gasteiger partial charge in [0.15, 0.2) is 0 Å². The first kappa shape index (κ1) is 11.2. The molecular weight excluding hydrogens is 224 g/mol. The molecule has 1 N–H and O–H groups in total. The van der Waals surface area contributed by atoms with Crippen LogP contribution in [0.4, 0.5) is 0 Å². The van der Waals surface area contributed by atoms with Crippen LogP contribution in [-0.4, -0.2) is 24.2 Å². The van der Waals surface area contributed by atoms with Gasteiger partial charge in [0.25, 0.3) is 0 Å². The molecular formula is C12H10O5. The first-order valence-electron chi connectivity index (χ1n) is 4.92. The van der Waals surface area contributed by atoms with Crippen LogP contribution in [-0.2, 0) is 16.0 Å². The number of aliphatic carboxylic acids is 1. The first-order chi connectivity index (χ1) is 8.10. The molecule has 0 saturated carbocycles. The zero-order valence-corrected chi connectivity index (χ0v) is 9.10. The van der Waals surface area contributed by atoms with Crippen LogP contribution in [0.3, 0.4) is 0 Å². The first-order valence-corrected chi connectivity index (χ1v) is 4.92. The van der Waals surface area contributed by atoms with Gasteiger partial charge in [-0.1, -0.05) is 6.07 Å². The largest absolute Gasteiger partial charge is 0.481 e. The predicted octanol–water partition coefficient (Wildman–Crippen LogP) is 1.85. The maximum absolute atomic E-state index is 11.3. The van der Waals surface area contributed by atoms with Crippen molar-refractivity contribution in [3.8, 4) is 0 Å². The summed E-state index contributed by atoms with van der Waals surface area (Å²) in [6, 6.07) is 6.47. The number of benzene rings is 1. The number of furan rings is 1. The van der Waals surface area contributed by atoms with Crippen LogP contribution in [0.1, 0.15) is 16.1 Å². The quantitative estimate of drug-likeness (QED) is 0.820. The van der Waals surface area contributed by atoms with Crippen LogP contribution in [0, 0.1) is 0 Å². The highest BCUT2D eigenvalue weighted by atomic mass is 16.5. The molecule has 0 saturated heterocycles. The van der Waals surface area contributed by atoms with Gasteiger partial charge in [0.2, 0.25) is 0 Å². The van der Waals surface area contributed by atoms with E-state index in [1.54, 1.807) is 18.2 Å². The lowest BCUT2D eigenvalue weighted by atomic mass is 10.1. The van der Waals surface area contributed by atoms with E-state index in [0.29, 0.717) is 16.9 Å². The van der Waals surface area contributed by atoms with Crippen molar-refractivity contribution in [2.75, 3.05) is 7.11 Å². The topological polar surface area (TPSA) is 76.7 Å². The van der Waals surface area contributed by atoms with Crippen molar-refractivity contribution < 1.29 is 23.8 Å². The number of hydrogen-bond acceptors (Lipinski definition) is 4. The molecule has 0 bridgehead atoms. The zero-order chi connectivity index (χ0) is 12.4. The van der Waals surface area contributed by atoms with Crippen LogP contribution in [0.2, 0.25) is 0 Å². The van der Waals surface area contributed by atoms with Gasteiger partial charge in [0, 0.05) is 5.39 Å². The molecule has 0 unspecified atom stereocenters. The Morgan fingerprint density at radius 3 is 2.76 bits per heavy atom. The Kier molecular flexibility index (Phi) is 2.82. The molecule has 5 nitrogen and oxygen atoms in total. The number of ether oxygens (including phenoxy) is 1. The van der Waals surface area contributed by atoms with E-state index in [4.69, 9.17) is 9.52 Å². The second-order valence-corrected chi connectivity index (χ2v) is 3.53. The molecule has 5 heteroatoms. The van der Waals surface area contributed by atoms with Gasteiger partial charge in [0.1, 0.15) is 17.8 Å². The fourth-order valence-electron chi connectivity index (χ4n) is 1.57. The Bertz CT molecular complexity index is 582. The number of carboxylic acid groups (broad SMARTS) is 1. The molecule has 2 aromatic rings. The number of esters is 1. The van der Waals surface area contributed by atoms with Crippen molar-refractivity contribution in [3.05, 3.63) is 35.6 Å². The fourth-order valence-corrected chi connectivity index (χ4v) is 1.57. The predicted molar refractivity (Wildman–Crippen MR) is 58.9 cm³/mol. The van der Waals surface area contributed by atoms with Gasteiger partial charge < -0.3 is 14.3 Å². The van der Waals surface area contributed by atoms with E-state index in [9.17, 15) is 9.59 Å². The van der Waals surface area contributed by atoms with E-state index in [-0.39, 0.29) is 6.42 Å². The number of carbonyl (C=O) groups is 2. The van der Waals surface area contributed by atoms with Crippen LogP contribution < -0.4 is 0 Å². The normalized spacial score (nSPS) is 10.4. The minimum absolute atomic E-state index is 0.178. The molecule has 0 aliphatic heterocycles. The lowest BCUT2D eigenvalue weighted by Gasteiger charge is -1.97. The summed E-state index contributed by atoms with van der Waals surface area (Å²) in [7, 11) is 1.30. The van der Waals surface area contributed by atoms with Gasteiger partial charge in [0.05, 0.1) is 12.7 Å². The minimum atomic E-state index is -0.961. The number of rotatable bonds is 3. The minimum Gasteiger partial charge on any atom is -0.481 e. The Hall–Kier alpha value is -2.30. The summed E-state index contributed by atoms with van der Waals surface area (Å²) in [4.78, 5) is 21.8. The summed E-state index contributed by atoms with van der Waals surface area (Å²) in [6.07, 6.45) is -0.178. The standard InChI is InChI=1S/C12H10O5/c1-16-12(15)8-3-2-7-4-9(6-11(13)14)17-10(7)5-8/h2-5H,6H2,1H3,(H,13,14). The van der Waals surface area contributed by atoms with Crippen molar-refractivity contribution in [1.29, 1.82) is 0 Å². The number of carboxylic acids is 1. The highest BCUT2D eigenvalue weighted by Gasteiger charge is 2.11.